The minimum absolute atomic E-state index is 0.0695. The molecule has 0 aromatic heterocycles. The topological polar surface area (TPSA) is 57.6 Å². The van der Waals surface area contributed by atoms with Crippen LogP contribution in [-0.2, 0) is 16.4 Å². The van der Waals surface area contributed by atoms with Gasteiger partial charge in [0.15, 0.2) is 5.75 Å². The molecule has 0 aliphatic rings. The molecule has 0 atom stereocenters. The Morgan fingerprint density at radius 2 is 1.78 bits per heavy atom. The fourth-order valence-electron chi connectivity index (χ4n) is 1.73. The molecule has 102 valence electrons. The van der Waals surface area contributed by atoms with E-state index < -0.39 is 10.0 Å². The van der Waals surface area contributed by atoms with Crippen molar-refractivity contribution >= 4 is 21.6 Å². The summed E-state index contributed by atoms with van der Waals surface area (Å²) in [6.45, 7) is 6.11. The van der Waals surface area contributed by atoms with E-state index in [2.05, 4.69) is 0 Å². The third kappa shape index (κ3) is 2.79. The summed E-state index contributed by atoms with van der Waals surface area (Å²) in [6, 6.07) is 3.06. The molecule has 0 saturated carbocycles. The monoisotopic (exact) mass is 291 g/mol. The van der Waals surface area contributed by atoms with Crippen LogP contribution < -0.4 is 0 Å². The van der Waals surface area contributed by atoms with Gasteiger partial charge < -0.3 is 5.11 Å². The van der Waals surface area contributed by atoms with E-state index in [1.807, 2.05) is 6.92 Å². The summed E-state index contributed by atoms with van der Waals surface area (Å²) in [6.07, 6.45) is 0.654. The normalized spacial score (nSPS) is 12.1. The van der Waals surface area contributed by atoms with Crippen molar-refractivity contribution in [3.05, 3.63) is 22.7 Å². The molecule has 0 radical (unpaired) electrons. The Balaban J connectivity index is 3.45. The molecule has 0 bridgehead atoms. The van der Waals surface area contributed by atoms with Gasteiger partial charge in [0.1, 0.15) is 4.90 Å². The summed E-state index contributed by atoms with van der Waals surface area (Å²) in [5.41, 5.74) is 0.781. The molecular formula is C12H18ClNO3S. The number of halogens is 1. The highest BCUT2D eigenvalue weighted by Gasteiger charge is 2.26. The molecule has 18 heavy (non-hydrogen) atoms. The van der Waals surface area contributed by atoms with E-state index in [4.69, 9.17) is 11.6 Å². The lowest BCUT2D eigenvalue weighted by molar-refractivity contribution is 0.429. The Kier molecular flexibility index (Phi) is 5.01. The lowest BCUT2D eigenvalue weighted by Gasteiger charge is -2.20. The molecule has 4 nitrogen and oxygen atoms in total. The van der Waals surface area contributed by atoms with Gasteiger partial charge in [0.05, 0.1) is 5.02 Å². The maximum Gasteiger partial charge on any atom is 0.246 e. The molecule has 1 aromatic rings. The molecule has 0 spiro atoms. The standard InChI is InChI=1S/C12H18ClNO3S/c1-4-9-7-10(13)12(15)11(8-9)18(16,17)14(5-2)6-3/h7-8,15H,4-6H2,1-3H3. The van der Waals surface area contributed by atoms with Crippen LogP contribution in [0.5, 0.6) is 5.75 Å². The molecule has 1 N–H and O–H groups in total. The molecule has 0 saturated heterocycles. The molecule has 0 unspecified atom stereocenters. The Morgan fingerprint density at radius 3 is 2.22 bits per heavy atom. The number of sulfonamides is 1. The first-order valence-corrected chi connectivity index (χ1v) is 7.71. The van der Waals surface area contributed by atoms with E-state index in [0.717, 1.165) is 5.56 Å². The first kappa shape index (κ1) is 15.3. The average molecular weight is 292 g/mol. The Hall–Kier alpha value is -0.780. The quantitative estimate of drug-likeness (QED) is 0.907. The largest absolute Gasteiger partial charge is 0.505 e. The summed E-state index contributed by atoms with van der Waals surface area (Å²) in [5, 5.41) is 9.92. The summed E-state index contributed by atoms with van der Waals surface area (Å²) in [4.78, 5) is -0.115. The number of hydrogen-bond acceptors (Lipinski definition) is 3. The second-order valence-corrected chi connectivity index (χ2v) is 6.18. The maximum atomic E-state index is 12.3. The van der Waals surface area contributed by atoms with Crippen LogP contribution >= 0.6 is 11.6 Å². The van der Waals surface area contributed by atoms with Crippen molar-refractivity contribution in [2.45, 2.75) is 32.1 Å². The van der Waals surface area contributed by atoms with Crippen LogP contribution in [0.3, 0.4) is 0 Å². The number of aromatic hydroxyl groups is 1. The van der Waals surface area contributed by atoms with Crippen LogP contribution in [0, 0.1) is 0 Å². The van der Waals surface area contributed by atoms with Crippen molar-refractivity contribution in [3.8, 4) is 5.75 Å². The van der Waals surface area contributed by atoms with E-state index in [-0.39, 0.29) is 15.7 Å². The fraction of sp³-hybridized carbons (Fsp3) is 0.500. The maximum absolute atomic E-state index is 12.3. The van der Waals surface area contributed by atoms with Gasteiger partial charge in [-0.15, -0.1) is 0 Å². The molecule has 0 fully saturated rings. The SMILES string of the molecule is CCc1cc(Cl)c(O)c(S(=O)(=O)N(CC)CC)c1. The van der Waals surface area contributed by atoms with Crippen LogP contribution in [0.1, 0.15) is 26.3 Å². The fourth-order valence-corrected chi connectivity index (χ4v) is 3.64. The van der Waals surface area contributed by atoms with Crippen molar-refractivity contribution in [1.82, 2.24) is 4.31 Å². The third-order valence-electron chi connectivity index (χ3n) is 2.82. The molecule has 1 aromatic carbocycles. The summed E-state index contributed by atoms with van der Waals surface area (Å²) < 4.78 is 26.0. The Labute approximate surface area is 113 Å². The highest BCUT2D eigenvalue weighted by Crippen LogP contribution is 2.34. The van der Waals surface area contributed by atoms with Gasteiger partial charge >= 0.3 is 0 Å². The van der Waals surface area contributed by atoms with Crippen LogP contribution in [0.25, 0.3) is 0 Å². The minimum Gasteiger partial charge on any atom is -0.505 e. The first-order valence-electron chi connectivity index (χ1n) is 5.89. The average Bonchev–Trinajstić information content (AvgIpc) is 2.33. The molecule has 1 rings (SSSR count). The van der Waals surface area contributed by atoms with Crippen LogP contribution in [0.4, 0.5) is 0 Å². The van der Waals surface area contributed by atoms with Crippen LogP contribution in [0.15, 0.2) is 17.0 Å². The minimum atomic E-state index is -3.69. The van der Waals surface area contributed by atoms with Crippen LogP contribution in [-0.4, -0.2) is 30.9 Å². The Bertz CT molecular complexity index is 524. The number of aryl methyl sites for hydroxylation is 1. The van der Waals surface area contributed by atoms with E-state index >= 15 is 0 Å². The van der Waals surface area contributed by atoms with Crippen molar-refractivity contribution in [2.75, 3.05) is 13.1 Å². The number of phenols is 1. The summed E-state index contributed by atoms with van der Waals surface area (Å²) in [7, 11) is -3.69. The van der Waals surface area contributed by atoms with Gasteiger partial charge in [0.25, 0.3) is 0 Å². The van der Waals surface area contributed by atoms with E-state index in [1.54, 1.807) is 19.9 Å². The van der Waals surface area contributed by atoms with Crippen LogP contribution in [0.2, 0.25) is 5.02 Å². The van der Waals surface area contributed by atoms with Crippen molar-refractivity contribution < 1.29 is 13.5 Å². The number of rotatable bonds is 5. The van der Waals surface area contributed by atoms with Gasteiger partial charge in [-0.2, -0.15) is 4.31 Å². The zero-order valence-corrected chi connectivity index (χ0v) is 12.3. The zero-order chi connectivity index (χ0) is 13.9. The number of benzene rings is 1. The van der Waals surface area contributed by atoms with Gasteiger partial charge in [-0.1, -0.05) is 32.4 Å². The predicted octanol–water partition coefficient (Wildman–Crippen LogP) is 2.64. The van der Waals surface area contributed by atoms with Gasteiger partial charge in [-0.3, -0.25) is 0 Å². The highest BCUT2D eigenvalue weighted by atomic mass is 35.5. The molecule has 0 aliphatic heterocycles. The summed E-state index contributed by atoms with van der Waals surface area (Å²) in [5.74, 6) is -0.374. The van der Waals surface area contributed by atoms with Gasteiger partial charge in [0, 0.05) is 13.1 Å². The first-order chi connectivity index (χ1) is 8.38. The second kappa shape index (κ2) is 5.91. The van der Waals surface area contributed by atoms with E-state index in [1.165, 1.54) is 10.4 Å². The zero-order valence-electron chi connectivity index (χ0n) is 10.8. The molecular weight excluding hydrogens is 274 g/mol. The van der Waals surface area contributed by atoms with E-state index in [9.17, 15) is 13.5 Å². The second-order valence-electron chi connectivity index (χ2n) is 3.87. The number of phenolic OH excluding ortho intramolecular Hbond substituents is 1. The van der Waals surface area contributed by atoms with Crippen molar-refractivity contribution in [2.24, 2.45) is 0 Å². The predicted molar refractivity (Wildman–Crippen MR) is 72.6 cm³/mol. The lowest BCUT2D eigenvalue weighted by Crippen LogP contribution is -2.30. The molecule has 0 aliphatic carbocycles. The Morgan fingerprint density at radius 1 is 1.22 bits per heavy atom. The van der Waals surface area contributed by atoms with Gasteiger partial charge in [0.2, 0.25) is 10.0 Å². The molecule has 0 heterocycles. The third-order valence-corrected chi connectivity index (χ3v) is 5.17. The molecule has 6 heteroatoms. The van der Waals surface area contributed by atoms with Crippen molar-refractivity contribution in [3.63, 3.8) is 0 Å². The lowest BCUT2D eigenvalue weighted by atomic mass is 10.2. The van der Waals surface area contributed by atoms with E-state index in [0.29, 0.717) is 19.5 Å². The number of nitrogens with zero attached hydrogens (tertiary/aromatic N) is 1. The smallest absolute Gasteiger partial charge is 0.246 e. The van der Waals surface area contributed by atoms with Crippen molar-refractivity contribution in [1.29, 1.82) is 0 Å². The molecule has 0 amide bonds. The van der Waals surface area contributed by atoms with Gasteiger partial charge in [-0.05, 0) is 24.1 Å². The van der Waals surface area contributed by atoms with Gasteiger partial charge in [-0.25, -0.2) is 8.42 Å². The highest BCUT2D eigenvalue weighted by molar-refractivity contribution is 7.89. The summed E-state index contributed by atoms with van der Waals surface area (Å²) >= 11 is 5.86. The number of hydrogen-bond donors (Lipinski definition) is 1.